The number of nitrogens with zero attached hydrogens (tertiary/aromatic N) is 1. The van der Waals surface area contributed by atoms with Crippen molar-refractivity contribution >= 4 is 31.6 Å². The van der Waals surface area contributed by atoms with Crippen LogP contribution >= 0.6 is 15.9 Å². The lowest BCUT2D eigenvalue weighted by atomic mass is 10.0. The third-order valence-electron chi connectivity index (χ3n) is 3.86. The molecule has 8 heteroatoms. The van der Waals surface area contributed by atoms with Crippen molar-refractivity contribution in [3.05, 3.63) is 52.0 Å². The van der Waals surface area contributed by atoms with Crippen LogP contribution in [0, 0.1) is 11.6 Å². The molecule has 0 N–H and O–H groups in total. The van der Waals surface area contributed by atoms with Crippen LogP contribution in [0.4, 0.5) is 14.5 Å². The van der Waals surface area contributed by atoms with E-state index < -0.39 is 21.7 Å². The van der Waals surface area contributed by atoms with Crippen molar-refractivity contribution in [2.75, 3.05) is 18.0 Å². The zero-order valence-electron chi connectivity index (χ0n) is 12.7. The summed E-state index contributed by atoms with van der Waals surface area (Å²) in [6.45, 7) is 0.119. The van der Waals surface area contributed by atoms with Crippen molar-refractivity contribution in [3.63, 3.8) is 0 Å². The van der Waals surface area contributed by atoms with Gasteiger partial charge in [-0.05, 0) is 42.7 Å². The van der Waals surface area contributed by atoms with Gasteiger partial charge in [-0.15, -0.1) is 0 Å². The summed E-state index contributed by atoms with van der Waals surface area (Å²) >= 11 is 3.24. The first kappa shape index (κ1) is 17.2. The molecule has 0 saturated heterocycles. The summed E-state index contributed by atoms with van der Waals surface area (Å²) in [7, 11) is -2.70. The van der Waals surface area contributed by atoms with Crippen LogP contribution in [-0.2, 0) is 16.4 Å². The van der Waals surface area contributed by atoms with Crippen LogP contribution in [0.15, 0.2) is 39.7 Å². The second-order valence-corrected chi connectivity index (χ2v) is 8.12. The minimum absolute atomic E-state index is 0.0732. The predicted molar refractivity (Wildman–Crippen MR) is 89.9 cm³/mol. The largest absolute Gasteiger partial charge is 0.495 e. The van der Waals surface area contributed by atoms with Crippen LogP contribution in [0.2, 0.25) is 0 Å². The monoisotopic (exact) mass is 417 g/mol. The van der Waals surface area contributed by atoms with E-state index in [2.05, 4.69) is 15.9 Å². The summed E-state index contributed by atoms with van der Waals surface area (Å²) in [4.78, 5) is -0.0732. The molecule has 2 aromatic rings. The molecular formula is C16H14BrF2NO3S. The highest BCUT2D eigenvalue weighted by Gasteiger charge is 2.34. The fourth-order valence-electron chi connectivity index (χ4n) is 2.83. The van der Waals surface area contributed by atoms with E-state index in [9.17, 15) is 17.2 Å². The minimum atomic E-state index is -4.06. The molecule has 0 radical (unpaired) electrons. The van der Waals surface area contributed by atoms with Gasteiger partial charge in [-0.2, -0.15) is 0 Å². The van der Waals surface area contributed by atoms with Crippen molar-refractivity contribution in [2.45, 2.75) is 17.7 Å². The highest BCUT2D eigenvalue weighted by atomic mass is 79.9. The van der Waals surface area contributed by atoms with Gasteiger partial charge in [-0.3, -0.25) is 4.31 Å². The molecule has 4 nitrogen and oxygen atoms in total. The number of hydrogen-bond acceptors (Lipinski definition) is 3. The minimum Gasteiger partial charge on any atom is -0.495 e. The van der Waals surface area contributed by atoms with E-state index in [4.69, 9.17) is 4.74 Å². The van der Waals surface area contributed by atoms with Gasteiger partial charge in [0.1, 0.15) is 16.5 Å². The smallest absolute Gasteiger partial charge is 0.268 e. The molecule has 0 unspecified atom stereocenters. The summed E-state index contributed by atoms with van der Waals surface area (Å²) in [5.41, 5.74) is 0.251. The fraction of sp³-hybridized carbons (Fsp3) is 0.250. The normalized spacial score (nSPS) is 14.4. The van der Waals surface area contributed by atoms with E-state index in [1.807, 2.05) is 0 Å². The van der Waals surface area contributed by atoms with Crippen LogP contribution in [0.25, 0.3) is 0 Å². The molecule has 0 atom stereocenters. The van der Waals surface area contributed by atoms with Gasteiger partial charge in [0.25, 0.3) is 10.0 Å². The Hall–Kier alpha value is -1.67. The Morgan fingerprint density at radius 3 is 2.67 bits per heavy atom. The number of sulfonamides is 1. The standard InChI is InChI=1S/C16H14BrF2NO3S/c1-23-14-5-4-11(17)8-15(14)24(21,22)20-6-2-3-10-7-12(18)9-13(19)16(10)20/h4-5,7-9H,2-3,6H2,1H3. The molecule has 0 spiro atoms. The Labute approximate surface area is 147 Å². The van der Waals surface area contributed by atoms with Gasteiger partial charge in [0.15, 0.2) is 5.82 Å². The van der Waals surface area contributed by atoms with Crippen LogP contribution in [0.1, 0.15) is 12.0 Å². The first-order valence-electron chi connectivity index (χ1n) is 7.19. The quantitative estimate of drug-likeness (QED) is 0.761. The van der Waals surface area contributed by atoms with Gasteiger partial charge in [0.2, 0.25) is 0 Å². The lowest BCUT2D eigenvalue weighted by molar-refractivity contribution is 0.402. The highest BCUT2D eigenvalue weighted by Crippen LogP contribution is 2.37. The molecule has 2 aromatic carbocycles. The van der Waals surface area contributed by atoms with Crippen LogP contribution in [-0.4, -0.2) is 22.1 Å². The number of hydrogen-bond donors (Lipinski definition) is 0. The van der Waals surface area contributed by atoms with Crippen molar-refractivity contribution in [2.24, 2.45) is 0 Å². The molecule has 0 bridgehead atoms. The molecule has 1 heterocycles. The van der Waals surface area contributed by atoms with Gasteiger partial charge in [0.05, 0.1) is 12.8 Å². The number of ether oxygens (including phenoxy) is 1. The second-order valence-electron chi connectivity index (χ2n) is 5.37. The first-order chi connectivity index (χ1) is 11.3. The number of fused-ring (bicyclic) bond motifs is 1. The number of methoxy groups -OCH3 is 1. The average Bonchev–Trinajstić information content (AvgIpc) is 2.53. The second kappa shape index (κ2) is 6.33. The van der Waals surface area contributed by atoms with Gasteiger partial charge in [0, 0.05) is 17.1 Å². The maximum atomic E-state index is 14.3. The van der Waals surface area contributed by atoms with Gasteiger partial charge in [-0.25, -0.2) is 17.2 Å². The maximum Gasteiger partial charge on any atom is 0.268 e. The van der Waals surface area contributed by atoms with Crippen molar-refractivity contribution in [1.29, 1.82) is 0 Å². The van der Waals surface area contributed by atoms with Crippen LogP contribution in [0.3, 0.4) is 0 Å². The molecule has 24 heavy (non-hydrogen) atoms. The molecule has 1 aliphatic rings. The highest BCUT2D eigenvalue weighted by molar-refractivity contribution is 9.10. The third kappa shape index (κ3) is 2.88. The molecule has 0 saturated carbocycles. The summed E-state index contributed by atoms with van der Waals surface area (Å²) < 4.78 is 60.6. The predicted octanol–water partition coefficient (Wildman–Crippen LogP) is 3.88. The topological polar surface area (TPSA) is 46.6 Å². The first-order valence-corrected chi connectivity index (χ1v) is 9.42. The van der Waals surface area contributed by atoms with E-state index in [1.165, 1.54) is 25.3 Å². The third-order valence-corrected chi connectivity index (χ3v) is 6.17. The zero-order chi connectivity index (χ0) is 17.5. The molecule has 0 aromatic heterocycles. The van der Waals surface area contributed by atoms with E-state index in [-0.39, 0.29) is 22.9 Å². The van der Waals surface area contributed by atoms with E-state index >= 15 is 0 Å². The Morgan fingerprint density at radius 1 is 1.21 bits per heavy atom. The number of aryl methyl sites for hydroxylation is 1. The Kier molecular flexibility index (Phi) is 4.52. The zero-order valence-corrected chi connectivity index (χ0v) is 15.1. The summed E-state index contributed by atoms with van der Waals surface area (Å²) in [6, 6.07) is 6.45. The Morgan fingerprint density at radius 2 is 1.96 bits per heavy atom. The van der Waals surface area contributed by atoms with Gasteiger partial charge >= 0.3 is 0 Å². The van der Waals surface area contributed by atoms with Crippen LogP contribution < -0.4 is 9.04 Å². The number of halogens is 3. The lowest BCUT2D eigenvalue weighted by Crippen LogP contribution is -2.36. The molecule has 128 valence electrons. The maximum absolute atomic E-state index is 14.3. The molecular weight excluding hydrogens is 404 g/mol. The van der Waals surface area contributed by atoms with Gasteiger partial charge < -0.3 is 4.74 Å². The summed E-state index contributed by atoms with van der Waals surface area (Å²) in [5, 5.41) is 0. The van der Waals surface area contributed by atoms with E-state index in [0.717, 1.165) is 4.31 Å². The molecule has 0 amide bonds. The molecule has 0 fully saturated rings. The van der Waals surface area contributed by atoms with E-state index in [0.29, 0.717) is 28.9 Å². The van der Waals surface area contributed by atoms with Crippen molar-refractivity contribution in [1.82, 2.24) is 0 Å². The molecule has 0 aliphatic carbocycles. The number of anilines is 1. The summed E-state index contributed by atoms with van der Waals surface area (Å²) in [6.07, 6.45) is 0.900. The van der Waals surface area contributed by atoms with E-state index in [1.54, 1.807) is 6.07 Å². The average molecular weight is 418 g/mol. The lowest BCUT2D eigenvalue weighted by Gasteiger charge is -2.31. The van der Waals surface area contributed by atoms with Crippen molar-refractivity contribution < 1.29 is 21.9 Å². The Bertz CT molecular complexity index is 902. The molecule has 1 aliphatic heterocycles. The Balaban J connectivity index is 2.19. The van der Waals surface area contributed by atoms with Gasteiger partial charge in [-0.1, -0.05) is 15.9 Å². The molecule has 3 rings (SSSR count). The van der Waals surface area contributed by atoms with Crippen LogP contribution in [0.5, 0.6) is 5.75 Å². The van der Waals surface area contributed by atoms with Crippen molar-refractivity contribution in [3.8, 4) is 5.75 Å². The SMILES string of the molecule is COc1ccc(Br)cc1S(=O)(=O)N1CCCc2cc(F)cc(F)c21. The number of rotatable bonds is 3. The summed E-state index contributed by atoms with van der Waals surface area (Å²) in [5.74, 6) is -1.44. The number of benzene rings is 2. The fourth-order valence-corrected chi connectivity index (χ4v) is 5.07.